The minimum atomic E-state index is -4.81. The van der Waals surface area contributed by atoms with Gasteiger partial charge in [0.05, 0.1) is 40.6 Å². The fourth-order valence-corrected chi connectivity index (χ4v) is 6.58. The second kappa shape index (κ2) is 16.0. The van der Waals surface area contributed by atoms with Crippen molar-refractivity contribution in [1.29, 1.82) is 0 Å². The third kappa shape index (κ3) is 9.40. The Balaban J connectivity index is 0.000000384. The van der Waals surface area contributed by atoms with Crippen molar-refractivity contribution in [2.75, 3.05) is 19.5 Å². The fraction of sp³-hybridized carbons (Fsp3) is 0.103. The molecule has 4 aromatic carbocycles. The van der Waals surface area contributed by atoms with Crippen LogP contribution < -0.4 is 10.3 Å². The Morgan fingerprint density at radius 2 is 1.50 bits per heavy atom. The van der Waals surface area contributed by atoms with Crippen molar-refractivity contribution in [3.05, 3.63) is 88.8 Å². The molecule has 1 radical (unpaired) electrons. The Labute approximate surface area is 304 Å². The number of phenolic OH excluding ortho intramolecular Hbond substituents is 2. The van der Waals surface area contributed by atoms with E-state index >= 15 is 0 Å². The van der Waals surface area contributed by atoms with E-state index in [2.05, 4.69) is 15.3 Å². The van der Waals surface area contributed by atoms with Crippen LogP contribution in [0.5, 0.6) is 17.2 Å². The van der Waals surface area contributed by atoms with Crippen molar-refractivity contribution < 1.29 is 81.4 Å². The summed E-state index contributed by atoms with van der Waals surface area (Å²) < 4.78 is 95.7. The predicted octanol–water partition coefficient (Wildman–Crippen LogP) is 2.11. The van der Waals surface area contributed by atoms with Crippen molar-refractivity contribution in [1.82, 2.24) is 9.78 Å². The first-order valence-electron chi connectivity index (χ1n) is 13.8. The number of ether oxygens (including phenoxy) is 1. The van der Waals surface area contributed by atoms with Crippen LogP contribution in [0.15, 0.2) is 103 Å². The van der Waals surface area contributed by atoms with Gasteiger partial charge >= 0.3 is 5.97 Å². The van der Waals surface area contributed by atoms with Crippen LogP contribution in [-0.2, 0) is 47.1 Å². The van der Waals surface area contributed by atoms with Gasteiger partial charge in [0.1, 0.15) is 42.4 Å². The zero-order valence-electron chi connectivity index (χ0n) is 26.0. The number of aromatic amines is 1. The van der Waals surface area contributed by atoms with E-state index in [1.807, 2.05) is 0 Å². The molecule has 0 aliphatic rings. The van der Waals surface area contributed by atoms with E-state index in [4.69, 9.17) is 9.84 Å². The summed E-state index contributed by atoms with van der Waals surface area (Å²) >= 11 is 0. The maximum absolute atomic E-state index is 12.8. The molecule has 0 aliphatic carbocycles. The summed E-state index contributed by atoms with van der Waals surface area (Å²) in [6, 6.07) is 13.6. The largest absolute Gasteiger partial charge is 0.744 e. The Kier molecular flexibility index (Phi) is 12.7. The quantitative estimate of drug-likeness (QED) is 0.0765. The van der Waals surface area contributed by atoms with Crippen LogP contribution in [0.4, 0.5) is 11.4 Å². The van der Waals surface area contributed by atoms with E-state index in [0.717, 1.165) is 47.1 Å². The van der Waals surface area contributed by atoms with Gasteiger partial charge in [0, 0.05) is 28.5 Å². The molecule has 23 heteroatoms. The third-order valence-corrected chi connectivity index (χ3v) is 10.1. The zero-order chi connectivity index (χ0) is 37.9. The topological polar surface area (TPSA) is 318 Å². The van der Waals surface area contributed by atoms with E-state index in [9.17, 15) is 59.3 Å². The minimum Gasteiger partial charge on any atom is -0.744 e. The van der Waals surface area contributed by atoms with E-state index < -0.39 is 80.9 Å². The van der Waals surface area contributed by atoms with Crippen LogP contribution in [0.25, 0.3) is 16.5 Å². The monoisotopic (exact) mass is 827 g/mol. The summed E-state index contributed by atoms with van der Waals surface area (Å²) in [4.78, 5) is 23.1. The normalized spacial score (nSPS) is 11.8. The van der Waals surface area contributed by atoms with Crippen LogP contribution in [0, 0.1) is 0 Å². The molecule has 1 heterocycles. The summed E-state index contributed by atoms with van der Waals surface area (Å²) in [5.41, 5.74) is -2.15. The van der Waals surface area contributed by atoms with Crippen LogP contribution in [0.3, 0.4) is 0 Å². The van der Waals surface area contributed by atoms with Crippen molar-refractivity contribution >= 4 is 58.2 Å². The number of H-pyrrole nitrogens is 1. The van der Waals surface area contributed by atoms with Crippen LogP contribution in [-0.4, -0.2) is 90.0 Å². The second-order valence-electron chi connectivity index (χ2n) is 10.1. The molecule has 1 aromatic heterocycles. The Morgan fingerprint density at radius 1 is 0.865 bits per heavy atom. The number of methoxy groups -OCH3 is 1. The van der Waals surface area contributed by atoms with Gasteiger partial charge in [-0.1, -0.05) is 6.07 Å². The molecule has 5 rings (SSSR count). The molecule has 0 unspecified atom stereocenters. The van der Waals surface area contributed by atoms with Crippen molar-refractivity contribution in [3.8, 4) is 22.9 Å². The number of carboxylic acid groups (broad SMARTS) is 1. The van der Waals surface area contributed by atoms with Gasteiger partial charge in [-0.25, -0.2) is 34.7 Å². The first-order chi connectivity index (χ1) is 23.8. The molecule has 5 aromatic rings. The summed E-state index contributed by atoms with van der Waals surface area (Å²) in [5, 5.41) is 47.5. The molecule has 0 aliphatic heterocycles. The molecule has 0 atom stereocenters. The standard InChI is InChI=1S/C20H14N4O10S2.C9H12O5S.Cu/c25-16-9-14(36(32,33)34)7-10-1-2-11(8-15(10)16)21-22-17-18(20(27)28)23-24(19(17)26)12-3-5-13(6-4-12)35(29,30)31;1-14-8-3-2-7(11)6-9(8)15(12,13)5-4-10;/h1-9,23,25H,(H,27,28)(H,29,30,31)(H,32,33,34);2-3,6,10-11H,4-5H2,1H3;/p-2. The van der Waals surface area contributed by atoms with E-state index in [0.29, 0.717) is 0 Å². The van der Waals surface area contributed by atoms with Gasteiger partial charge in [-0.05, 0) is 66.0 Å². The van der Waals surface area contributed by atoms with E-state index in [1.165, 1.54) is 37.4 Å². The number of hydrogen-bond acceptors (Lipinski definition) is 16. The van der Waals surface area contributed by atoms with Gasteiger partial charge in [-0.3, -0.25) is 9.89 Å². The first kappa shape index (κ1) is 41.3. The number of aromatic nitrogens is 2. The number of benzene rings is 4. The third-order valence-electron chi connectivity index (χ3n) is 6.75. The van der Waals surface area contributed by atoms with E-state index in [1.54, 1.807) is 0 Å². The van der Waals surface area contributed by atoms with Crippen molar-refractivity contribution in [3.63, 3.8) is 0 Å². The molecule has 0 saturated heterocycles. The number of fused-ring (bicyclic) bond motifs is 1. The summed E-state index contributed by atoms with van der Waals surface area (Å²) in [6.45, 7) is -0.471. The van der Waals surface area contributed by atoms with Gasteiger partial charge in [0.15, 0.2) is 21.2 Å². The van der Waals surface area contributed by atoms with E-state index in [-0.39, 0.29) is 55.6 Å². The SMILES string of the molecule is COc1ccc(O)cc1S(=O)(=O)CCO.O=C(O)c1[nH]n(-c2ccc(S(=O)(=O)[O-])cc2)c(=O)c1N=Nc1ccc2cc(S(=O)(=O)[O-])cc(O)c2c1.[Cu]. The number of hydrogen-bond donors (Lipinski definition) is 5. The molecule has 5 N–H and O–H groups in total. The van der Waals surface area contributed by atoms with Crippen molar-refractivity contribution in [2.24, 2.45) is 10.2 Å². The zero-order valence-corrected chi connectivity index (χ0v) is 29.4. The summed E-state index contributed by atoms with van der Waals surface area (Å²) in [7, 11) is -11.8. The molecule has 52 heavy (non-hydrogen) atoms. The smallest absolute Gasteiger partial charge is 0.356 e. The second-order valence-corrected chi connectivity index (χ2v) is 14.9. The van der Waals surface area contributed by atoms with Gasteiger partial charge in [0.2, 0.25) is 0 Å². The number of aliphatic hydroxyl groups is 1. The number of phenols is 2. The van der Waals surface area contributed by atoms with Crippen molar-refractivity contribution in [2.45, 2.75) is 14.7 Å². The van der Waals surface area contributed by atoms with Gasteiger partial charge in [-0.2, -0.15) is 5.11 Å². The van der Waals surface area contributed by atoms with Gasteiger partial charge < -0.3 is 34.3 Å². The number of carbonyl (C=O) groups is 1. The molecular formula is C29H24CuN4O15S3-2. The summed E-state index contributed by atoms with van der Waals surface area (Å²) in [6.07, 6.45) is 0. The average molecular weight is 828 g/mol. The molecule has 281 valence electrons. The fourth-order valence-electron chi connectivity index (χ4n) is 4.37. The number of rotatable bonds is 10. The number of sulfone groups is 1. The molecule has 0 spiro atoms. The Morgan fingerprint density at radius 3 is 2.06 bits per heavy atom. The maximum atomic E-state index is 12.8. The number of aromatic hydroxyl groups is 2. The molecule has 0 amide bonds. The molecule has 0 fully saturated rings. The molecule has 0 saturated carbocycles. The van der Waals surface area contributed by atoms with Crippen LogP contribution >= 0.6 is 0 Å². The van der Waals surface area contributed by atoms with Crippen LogP contribution in [0.1, 0.15) is 10.5 Å². The number of nitrogens with zero attached hydrogens (tertiary/aromatic N) is 3. The number of nitrogens with one attached hydrogen (secondary N) is 1. The minimum absolute atomic E-state index is 0. The average Bonchev–Trinajstić information content (AvgIpc) is 3.39. The first-order valence-corrected chi connectivity index (χ1v) is 18.2. The summed E-state index contributed by atoms with van der Waals surface area (Å²) in [5.74, 6) is -2.49. The molecule has 19 nitrogen and oxygen atoms in total. The number of aliphatic hydroxyl groups excluding tert-OH is 1. The predicted molar refractivity (Wildman–Crippen MR) is 173 cm³/mol. The number of carboxylic acids is 1. The van der Waals surface area contributed by atoms with Crippen LogP contribution in [0.2, 0.25) is 0 Å². The Bertz CT molecular complexity index is 2570. The Hall–Kier alpha value is -5.13. The number of aromatic carboxylic acids is 1. The number of azo groups is 1. The molecule has 0 bridgehead atoms. The maximum Gasteiger partial charge on any atom is 0.356 e. The van der Waals surface area contributed by atoms with Gasteiger partial charge in [0.25, 0.3) is 5.56 Å². The molecular weight excluding hydrogens is 804 g/mol. The van der Waals surface area contributed by atoms with Gasteiger partial charge in [-0.15, -0.1) is 5.11 Å².